The minimum atomic E-state index is 0.0482. The van der Waals surface area contributed by atoms with E-state index in [1.54, 1.807) is 0 Å². The number of carbonyl (C=O) groups excluding carboxylic acids is 1. The molecule has 1 atom stereocenters. The Hall–Kier alpha value is -1.31. The van der Waals surface area contributed by atoms with Crippen molar-refractivity contribution in [3.8, 4) is 0 Å². The fourth-order valence-corrected chi connectivity index (χ4v) is 1.90. The van der Waals surface area contributed by atoms with E-state index in [9.17, 15) is 4.79 Å². The second-order valence-corrected chi connectivity index (χ2v) is 4.69. The summed E-state index contributed by atoms with van der Waals surface area (Å²) >= 11 is 0. The van der Waals surface area contributed by atoms with Crippen LogP contribution in [0.25, 0.3) is 0 Å². The molecule has 1 N–H and O–H groups in total. The molecule has 1 rings (SSSR count). The SMILES string of the molecule is CCCCCC(C)NC(=O)c1ccccc1C. The van der Waals surface area contributed by atoms with Crippen molar-refractivity contribution in [1.29, 1.82) is 0 Å². The molecule has 0 saturated heterocycles. The summed E-state index contributed by atoms with van der Waals surface area (Å²) in [6.07, 6.45) is 4.71. The van der Waals surface area contributed by atoms with Gasteiger partial charge in [0.25, 0.3) is 5.91 Å². The zero-order valence-corrected chi connectivity index (χ0v) is 11.1. The topological polar surface area (TPSA) is 29.1 Å². The van der Waals surface area contributed by atoms with Crippen molar-refractivity contribution >= 4 is 5.91 Å². The number of unbranched alkanes of at least 4 members (excludes halogenated alkanes) is 2. The molecule has 1 aromatic carbocycles. The van der Waals surface area contributed by atoms with Crippen molar-refractivity contribution in [3.05, 3.63) is 35.4 Å². The van der Waals surface area contributed by atoms with Crippen LogP contribution >= 0.6 is 0 Å². The predicted octanol–water partition coefficient (Wildman–Crippen LogP) is 3.69. The van der Waals surface area contributed by atoms with Crippen LogP contribution in [-0.4, -0.2) is 11.9 Å². The zero-order chi connectivity index (χ0) is 12.7. The highest BCUT2D eigenvalue weighted by Crippen LogP contribution is 2.08. The highest BCUT2D eigenvalue weighted by Gasteiger charge is 2.10. The van der Waals surface area contributed by atoms with Crippen molar-refractivity contribution < 1.29 is 4.79 Å². The van der Waals surface area contributed by atoms with Gasteiger partial charge in [-0.15, -0.1) is 0 Å². The highest BCUT2D eigenvalue weighted by atomic mass is 16.1. The summed E-state index contributed by atoms with van der Waals surface area (Å²) in [6, 6.07) is 7.97. The fourth-order valence-electron chi connectivity index (χ4n) is 1.90. The van der Waals surface area contributed by atoms with Crippen LogP contribution in [0.15, 0.2) is 24.3 Å². The molecule has 1 unspecified atom stereocenters. The Kier molecular flexibility index (Phi) is 5.75. The number of benzene rings is 1. The van der Waals surface area contributed by atoms with Crippen molar-refractivity contribution in [3.63, 3.8) is 0 Å². The molecule has 0 aliphatic heterocycles. The van der Waals surface area contributed by atoms with E-state index in [4.69, 9.17) is 0 Å². The van der Waals surface area contributed by atoms with Gasteiger partial charge in [-0.1, -0.05) is 44.4 Å². The van der Waals surface area contributed by atoms with Gasteiger partial charge in [-0.25, -0.2) is 0 Å². The summed E-state index contributed by atoms with van der Waals surface area (Å²) in [5.41, 5.74) is 1.82. The summed E-state index contributed by atoms with van der Waals surface area (Å²) in [6.45, 7) is 6.24. The second kappa shape index (κ2) is 7.10. The maximum Gasteiger partial charge on any atom is 0.251 e. The summed E-state index contributed by atoms with van der Waals surface area (Å²) in [4.78, 5) is 12.0. The van der Waals surface area contributed by atoms with Gasteiger partial charge in [-0.2, -0.15) is 0 Å². The first kappa shape index (κ1) is 13.8. The van der Waals surface area contributed by atoms with E-state index in [0.29, 0.717) is 0 Å². The molecule has 94 valence electrons. The smallest absolute Gasteiger partial charge is 0.251 e. The molecular formula is C15H23NO. The van der Waals surface area contributed by atoms with Gasteiger partial charge in [-0.05, 0) is 31.9 Å². The lowest BCUT2D eigenvalue weighted by molar-refractivity contribution is 0.0937. The monoisotopic (exact) mass is 233 g/mol. The summed E-state index contributed by atoms with van der Waals surface area (Å²) in [7, 11) is 0. The van der Waals surface area contributed by atoms with E-state index >= 15 is 0 Å². The van der Waals surface area contributed by atoms with Crippen molar-refractivity contribution in [2.24, 2.45) is 0 Å². The lowest BCUT2D eigenvalue weighted by Gasteiger charge is -2.14. The third kappa shape index (κ3) is 4.59. The minimum absolute atomic E-state index is 0.0482. The average Bonchev–Trinajstić information content (AvgIpc) is 2.29. The summed E-state index contributed by atoms with van der Waals surface area (Å²) in [5.74, 6) is 0.0482. The van der Waals surface area contributed by atoms with Crippen LogP contribution in [0.2, 0.25) is 0 Å². The van der Waals surface area contributed by atoms with Crippen molar-refractivity contribution in [2.45, 2.75) is 52.5 Å². The quantitative estimate of drug-likeness (QED) is 0.746. The van der Waals surface area contributed by atoms with Crippen LogP contribution in [0.5, 0.6) is 0 Å². The first-order valence-corrected chi connectivity index (χ1v) is 6.51. The molecule has 0 aliphatic rings. The Morgan fingerprint density at radius 1 is 1.29 bits per heavy atom. The van der Waals surface area contributed by atoms with Crippen LogP contribution in [0.4, 0.5) is 0 Å². The molecule has 2 heteroatoms. The van der Waals surface area contributed by atoms with E-state index in [-0.39, 0.29) is 11.9 Å². The van der Waals surface area contributed by atoms with Gasteiger partial charge in [0.2, 0.25) is 0 Å². The Labute approximate surface area is 104 Å². The van der Waals surface area contributed by atoms with Gasteiger partial charge in [-0.3, -0.25) is 4.79 Å². The molecule has 0 saturated carbocycles. The van der Waals surface area contributed by atoms with Gasteiger partial charge in [0.15, 0.2) is 0 Å². The van der Waals surface area contributed by atoms with Crippen molar-refractivity contribution in [2.75, 3.05) is 0 Å². The van der Waals surface area contributed by atoms with Gasteiger partial charge < -0.3 is 5.32 Å². The van der Waals surface area contributed by atoms with Crippen LogP contribution in [0.1, 0.15) is 55.5 Å². The maximum absolute atomic E-state index is 12.0. The average molecular weight is 233 g/mol. The molecule has 0 heterocycles. The van der Waals surface area contributed by atoms with E-state index in [1.807, 2.05) is 31.2 Å². The van der Waals surface area contributed by atoms with Crippen LogP contribution < -0.4 is 5.32 Å². The van der Waals surface area contributed by atoms with Gasteiger partial charge in [0, 0.05) is 11.6 Å². The summed E-state index contributed by atoms with van der Waals surface area (Å²) < 4.78 is 0. The lowest BCUT2D eigenvalue weighted by atomic mass is 10.1. The third-order valence-corrected chi connectivity index (χ3v) is 3.01. The van der Waals surface area contributed by atoms with Gasteiger partial charge >= 0.3 is 0 Å². The van der Waals surface area contributed by atoms with Gasteiger partial charge in [0.1, 0.15) is 0 Å². The Morgan fingerprint density at radius 2 is 2.00 bits per heavy atom. The second-order valence-electron chi connectivity index (χ2n) is 4.69. The Bertz CT molecular complexity index is 360. The largest absolute Gasteiger partial charge is 0.350 e. The highest BCUT2D eigenvalue weighted by molar-refractivity contribution is 5.95. The van der Waals surface area contributed by atoms with Crippen LogP contribution in [0, 0.1) is 6.92 Å². The Morgan fingerprint density at radius 3 is 2.65 bits per heavy atom. The predicted molar refractivity (Wildman–Crippen MR) is 72.2 cm³/mol. The first-order chi connectivity index (χ1) is 8.15. The minimum Gasteiger partial charge on any atom is -0.350 e. The number of rotatable bonds is 6. The van der Waals surface area contributed by atoms with Crippen molar-refractivity contribution in [1.82, 2.24) is 5.32 Å². The standard InChI is InChI=1S/C15H23NO/c1-4-5-6-10-13(3)16-15(17)14-11-8-7-9-12(14)2/h7-9,11,13H,4-6,10H2,1-3H3,(H,16,17). The molecule has 0 radical (unpaired) electrons. The molecule has 0 bridgehead atoms. The van der Waals surface area contributed by atoms with Gasteiger partial charge in [0.05, 0.1) is 0 Å². The molecule has 2 nitrogen and oxygen atoms in total. The fraction of sp³-hybridized carbons (Fsp3) is 0.533. The molecule has 1 amide bonds. The molecule has 1 aromatic rings. The van der Waals surface area contributed by atoms with E-state index in [2.05, 4.69) is 19.2 Å². The van der Waals surface area contributed by atoms with Crippen LogP contribution in [0.3, 0.4) is 0 Å². The van der Waals surface area contributed by atoms with E-state index < -0.39 is 0 Å². The number of hydrogen-bond acceptors (Lipinski definition) is 1. The Balaban J connectivity index is 2.46. The zero-order valence-electron chi connectivity index (χ0n) is 11.1. The van der Waals surface area contributed by atoms with E-state index in [0.717, 1.165) is 17.5 Å². The maximum atomic E-state index is 12.0. The molecule has 17 heavy (non-hydrogen) atoms. The number of aryl methyl sites for hydroxylation is 1. The number of hydrogen-bond donors (Lipinski definition) is 1. The molecule has 0 fully saturated rings. The number of carbonyl (C=O) groups is 1. The normalized spacial score (nSPS) is 12.2. The lowest BCUT2D eigenvalue weighted by Crippen LogP contribution is -2.32. The molecular weight excluding hydrogens is 210 g/mol. The third-order valence-electron chi connectivity index (χ3n) is 3.01. The van der Waals surface area contributed by atoms with E-state index in [1.165, 1.54) is 19.3 Å². The first-order valence-electron chi connectivity index (χ1n) is 6.51. The summed E-state index contributed by atoms with van der Waals surface area (Å²) in [5, 5.41) is 3.06. The molecule has 0 spiro atoms. The molecule has 0 aliphatic carbocycles. The number of nitrogens with one attached hydrogen (secondary N) is 1. The van der Waals surface area contributed by atoms with Crippen LogP contribution in [-0.2, 0) is 0 Å². The number of amides is 1. The molecule has 0 aromatic heterocycles.